The summed E-state index contributed by atoms with van der Waals surface area (Å²) >= 11 is 0. The minimum absolute atomic E-state index is 0.114. The summed E-state index contributed by atoms with van der Waals surface area (Å²) in [7, 11) is 1.87. The van der Waals surface area contributed by atoms with Gasteiger partial charge in [-0.3, -0.25) is 24.2 Å². The smallest absolute Gasteiger partial charge is 0.290 e. The molecular weight excluding hydrogens is 418 g/mol. The van der Waals surface area contributed by atoms with Crippen LogP contribution < -0.4 is 5.56 Å². The van der Waals surface area contributed by atoms with Crippen LogP contribution in [0.2, 0.25) is 0 Å². The minimum atomic E-state index is -0.377. The van der Waals surface area contributed by atoms with E-state index in [4.69, 9.17) is 9.90 Å². The van der Waals surface area contributed by atoms with Crippen LogP contribution >= 0.6 is 0 Å². The van der Waals surface area contributed by atoms with Crippen LogP contribution in [-0.2, 0) is 16.1 Å². The van der Waals surface area contributed by atoms with E-state index in [1.54, 1.807) is 22.1 Å². The first-order valence-electron chi connectivity index (χ1n) is 10.4. The number of amides is 2. The second-order valence-corrected chi connectivity index (χ2v) is 8.06. The highest BCUT2D eigenvalue weighted by molar-refractivity contribution is 5.92. The molecule has 1 saturated carbocycles. The van der Waals surface area contributed by atoms with Gasteiger partial charge in [0.1, 0.15) is 18.3 Å². The fourth-order valence-corrected chi connectivity index (χ4v) is 4.55. The molecule has 0 unspecified atom stereocenters. The van der Waals surface area contributed by atoms with Gasteiger partial charge in [-0.2, -0.15) is 0 Å². The number of aromatic nitrogens is 5. The highest BCUT2D eigenvalue weighted by atomic mass is 16.3. The number of piperidine rings is 1. The number of hydrogen-bond acceptors (Lipinski definition) is 7. The molecule has 3 heterocycles. The zero-order chi connectivity index (χ0) is 23.1. The van der Waals surface area contributed by atoms with Crippen LogP contribution in [0.15, 0.2) is 29.8 Å². The first-order chi connectivity index (χ1) is 15.4. The van der Waals surface area contributed by atoms with E-state index in [1.807, 2.05) is 11.9 Å². The van der Waals surface area contributed by atoms with Gasteiger partial charge in [0.15, 0.2) is 0 Å². The molecule has 2 aromatic heterocycles. The Balaban J connectivity index is 0.000000913. The van der Waals surface area contributed by atoms with Gasteiger partial charge >= 0.3 is 0 Å². The quantitative estimate of drug-likeness (QED) is 0.602. The van der Waals surface area contributed by atoms with Crippen LogP contribution in [0.5, 0.6) is 0 Å². The lowest BCUT2D eigenvalue weighted by atomic mass is 9.88. The molecule has 172 valence electrons. The molecule has 1 aliphatic heterocycles. The largest absolute Gasteiger partial charge is 0.483 e. The van der Waals surface area contributed by atoms with Crippen molar-refractivity contribution in [2.75, 3.05) is 20.1 Å². The minimum Gasteiger partial charge on any atom is -0.483 e. The maximum absolute atomic E-state index is 12.7. The molecule has 3 atom stereocenters. The lowest BCUT2D eigenvalue weighted by Crippen LogP contribution is -2.43. The molecule has 32 heavy (non-hydrogen) atoms. The summed E-state index contributed by atoms with van der Waals surface area (Å²) in [4.78, 5) is 55.1. The fourth-order valence-electron chi connectivity index (χ4n) is 4.55. The number of hydrogen-bond donors (Lipinski definition) is 2. The number of aryl methyl sites for hydroxylation is 1. The Kier molecular flexibility index (Phi) is 7.68. The Morgan fingerprint density at radius 3 is 2.62 bits per heavy atom. The van der Waals surface area contributed by atoms with Crippen molar-refractivity contribution >= 4 is 18.3 Å². The van der Waals surface area contributed by atoms with Crippen molar-refractivity contribution in [1.82, 2.24) is 34.5 Å². The van der Waals surface area contributed by atoms with E-state index in [1.165, 1.54) is 6.20 Å². The topological polar surface area (TPSA) is 154 Å². The molecule has 1 aliphatic carbocycles. The SMILES string of the molecule is CN(C(=O)CCn1cnnc1)[C@H]1C[C@H]2CCN(C(=O)c3cncc(=O)[nH]3)C[C@H]2C1.O=CO. The van der Waals surface area contributed by atoms with Gasteiger partial charge in [-0.15, -0.1) is 10.2 Å². The van der Waals surface area contributed by atoms with Gasteiger partial charge in [-0.05, 0) is 31.1 Å². The van der Waals surface area contributed by atoms with Crippen molar-refractivity contribution < 1.29 is 19.5 Å². The van der Waals surface area contributed by atoms with Crippen LogP contribution in [0.3, 0.4) is 0 Å². The summed E-state index contributed by atoms with van der Waals surface area (Å²) in [5.74, 6) is 0.818. The number of H-pyrrole nitrogens is 1. The van der Waals surface area contributed by atoms with Crippen molar-refractivity contribution in [2.45, 2.75) is 38.3 Å². The Labute approximate surface area is 184 Å². The maximum atomic E-state index is 12.7. The average Bonchev–Trinajstić information content (AvgIpc) is 3.46. The summed E-state index contributed by atoms with van der Waals surface area (Å²) in [6.07, 6.45) is 8.98. The Bertz CT molecular complexity index is 977. The van der Waals surface area contributed by atoms with Crippen molar-refractivity contribution in [3.8, 4) is 0 Å². The lowest BCUT2D eigenvalue weighted by Gasteiger charge is -2.34. The highest BCUT2D eigenvalue weighted by Gasteiger charge is 2.41. The van der Waals surface area contributed by atoms with Gasteiger partial charge in [0.25, 0.3) is 17.9 Å². The van der Waals surface area contributed by atoms with Gasteiger partial charge in [0, 0.05) is 39.1 Å². The molecular formula is C20H27N7O5. The van der Waals surface area contributed by atoms with Crippen molar-refractivity contribution in [3.05, 3.63) is 41.1 Å². The number of nitrogens with one attached hydrogen (secondary N) is 1. The Hall–Kier alpha value is -3.57. The van der Waals surface area contributed by atoms with E-state index in [0.717, 1.165) is 25.5 Å². The number of carboxylic acid groups (broad SMARTS) is 1. The van der Waals surface area contributed by atoms with E-state index in [-0.39, 0.29) is 35.6 Å². The summed E-state index contributed by atoms with van der Waals surface area (Å²) in [5.41, 5.74) is -0.148. The molecule has 2 fully saturated rings. The predicted molar refractivity (Wildman–Crippen MR) is 111 cm³/mol. The summed E-state index contributed by atoms with van der Waals surface area (Å²) < 4.78 is 1.80. The van der Waals surface area contributed by atoms with Gasteiger partial charge in [-0.25, -0.2) is 0 Å². The van der Waals surface area contributed by atoms with E-state index in [0.29, 0.717) is 37.9 Å². The maximum Gasteiger partial charge on any atom is 0.290 e. The Morgan fingerprint density at radius 2 is 1.94 bits per heavy atom. The predicted octanol–water partition coefficient (Wildman–Crippen LogP) is -0.148. The summed E-state index contributed by atoms with van der Waals surface area (Å²) in [6.45, 7) is 1.63. The third-order valence-corrected chi connectivity index (χ3v) is 6.20. The molecule has 2 aromatic rings. The average molecular weight is 445 g/mol. The van der Waals surface area contributed by atoms with E-state index in [2.05, 4.69) is 20.2 Å². The zero-order valence-electron chi connectivity index (χ0n) is 17.8. The second-order valence-electron chi connectivity index (χ2n) is 8.06. The van der Waals surface area contributed by atoms with Crippen LogP contribution in [0.25, 0.3) is 0 Å². The monoisotopic (exact) mass is 445 g/mol. The first kappa shape index (κ1) is 23.1. The highest BCUT2D eigenvalue weighted by Crippen LogP contribution is 2.40. The molecule has 2 N–H and O–H groups in total. The van der Waals surface area contributed by atoms with Gasteiger partial charge in [-0.1, -0.05) is 0 Å². The van der Waals surface area contributed by atoms with E-state index < -0.39 is 0 Å². The summed E-state index contributed by atoms with van der Waals surface area (Å²) in [5, 5.41) is 14.4. The first-order valence-corrected chi connectivity index (χ1v) is 10.4. The number of likely N-dealkylation sites (tertiary alicyclic amines) is 1. The number of nitrogens with zero attached hydrogens (tertiary/aromatic N) is 6. The molecule has 12 heteroatoms. The number of carbonyl (C=O) groups excluding carboxylic acids is 2. The van der Waals surface area contributed by atoms with E-state index >= 15 is 0 Å². The van der Waals surface area contributed by atoms with Crippen molar-refractivity contribution in [2.24, 2.45) is 11.8 Å². The molecule has 1 saturated heterocycles. The van der Waals surface area contributed by atoms with Crippen molar-refractivity contribution in [1.29, 1.82) is 0 Å². The lowest BCUT2D eigenvalue weighted by molar-refractivity contribution is -0.132. The standard InChI is InChI=1S/C19H25N7O3.CH2O2/c1-24(18(28)3-4-25-11-21-22-12-25)15-6-13-2-5-26(10-14(13)7-15)19(29)16-8-20-9-17(27)23-16;2-1-3/h8-9,11-15H,2-7,10H2,1H3,(H,23,27);1H,(H,2,3)/t13-,14-,15+;/m1./s1. The molecule has 0 aromatic carbocycles. The number of carbonyl (C=O) groups is 3. The molecule has 0 radical (unpaired) electrons. The Morgan fingerprint density at radius 1 is 1.25 bits per heavy atom. The van der Waals surface area contributed by atoms with Gasteiger partial charge < -0.3 is 24.5 Å². The third kappa shape index (κ3) is 5.56. The molecule has 0 spiro atoms. The molecule has 2 amide bonds. The molecule has 0 bridgehead atoms. The molecule has 4 rings (SSSR count). The van der Waals surface area contributed by atoms with Crippen LogP contribution in [0.1, 0.15) is 36.2 Å². The summed E-state index contributed by atoms with van der Waals surface area (Å²) in [6, 6.07) is 0.201. The van der Waals surface area contributed by atoms with Gasteiger partial charge in [0.05, 0.1) is 12.4 Å². The second kappa shape index (κ2) is 10.6. The van der Waals surface area contributed by atoms with Crippen LogP contribution in [0.4, 0.5) is 0 Å². The van der Waals surface area contributed by atoms with Crippen molar-refractivity contribution in [3.63, 3.8) is 0 Å². The third-order valence-electron chi connectivity index (χ3n) is 6.20. The molecule has 2 aliphatic rings. The fraction of sp³-hybridized carbons (Fsp3) is 0.550. The zero-order valence-corrected chi connectivity index (χ0v) is 17.8. The normalized spacial score (nSPS) is 21.8. The molecule has 12 nitrogen and oxygen atoms in total. The van der Waals surface area contributed by atoms with E-state index in [9.17, 15) is 14.4 Å². The number of aromatic amines is 1. The number of rotatable bonds is 5. The van der Waals surface area contributed by atoms with Gasteiger partial charge in [0.2, 0.25) is 5.91 Å². The van der Waals surface area contributed by atoms with Crippen LogP contribution in [-0.4, -0.2) is 84.1 Å². The number of fused-ring (bicyclic) bond motifs is 1. The van der Waals surface area contributed by atoms with Crippen LogP contribution in [0, 0.1) is 11.8 Å².